The van der Waals surface area contributed by atoms with E-state index >= 15 is 0 Å². The van der Waals surface area contributed by atoms with Crippen molar-refractivity contribution in [1.82, 2.24) is 25.2 Å². The molecule has 22 heavy (non-hydrogen) atoms. The molecule has 0 spiro atoms. The van der Waals surface area contributed by atoms with Crippen LogP contribution in [0.4, 0.5) is 0 Å². The molecule has 2 aromatic rings. The van der Waals surface area contributed by atoms with E-state index in [1.807, 2.05) is 51.2 Å². The highest BCUT2D eigenvalue weighted by molar-refractivity contribution is 7.71. The lowest BCUT2D eigenvalue weighted by atomic mass is 10.0. The smallest absolute Gasteiger partial charge is 0.242 e. The summed E-state index contributed by atoms with van der Waals surface area (Å²) in [5.74, 6) is 5.51. The van der Waals surface area contributed by atoms with E-state index in [1.54, 1.807) is 9.69 Å². The van der Waals surface area contributed by atoms with E-state index in [9.17, 15) is 0 Å². The number of H-pyrrole nitrogens is 1. The normalized spacial score (nSPS) is 10.4. The number of hydrogen-bond acceptors (Lipinski definition) is 5. The van der Waals surface area contributed by atoms with Crippen molar-refractivity contribution in [2.45, 2.75) is 46.6 Å². The predicted molar refractivity (Wildman–Crippen MR) is 94.2 cm³/mol. The SMILES string of the molecule is CC.CCC(C)(C)N(C)N.S=c1nn[nH]n1-c1ccccc1. The standard InChI is InChI=1S/C7H6N4S.C6H16N2.C2H6/c12-7-8-9-10-11(7)6-4-2-1-3-5-6;1-5-6(2,3)8(4)7;1-2/h1-5H,(H,8,10,12);5,7H2,1-4H3;1-2H3. The second-order valence-corrected chi connectivity index (χ2v) is 5.40. The lowest BCUT2D eigenvalue weighted by molar-refractivity contribution is 0.154. The minimum Gasteiger partial charge on any atom is -0.269 e. The third-order valence-electron chi connectivity index (χ3n) is 3.31. The summed E-state index contributed by atoms with van der Waals surface area (Å²) < 4.78 is 2.07. The van der Waals surface area contributed by atoms with Gasteiger partial charge in [0, 0.05) is 12.6 Å². The van der Waals surface area contributed by atoms with Crippen LogP contribution in [0.1, 0.15) is 41.0 Å². The lowest BCUT2D eigenvalue weighted by Crippen LogP contribution is -2.45. The molecule has 0 saturated carbocycles. The van der Waals surface area contributed by atoms with Crippen molar-refractivity contribution >= 4 is 12.2 Å². The second kappa shape index (κ2) is 10.2. The minimum absolute atomic E-state index is 0.153. The topological polar surface area (TPSA) is 75.8 Å². The molecule has 0 fully saturated rings. The molecule has 0 radical (unpaired) electrons. The zero-order valence-electron chi connectivity index (χ0n) is 14.4. The van der Waals surface area contributed by atoms with Gasteiger partial charge in [-0.1, -0.05) is 49.3 Å². The third-order valence-corrected chi connectivity index (χ3v) is 3.57. The summed E-state index contributed by atoms with van der Waals surface area (Å²) in [7, 11) is 1.89. The molecule has 1 heterocycles. The number of rotatable bonds is 3. The summed E-state index contributed by atoms with van der Waals surface area (Å²) in [5, 5.41) is 11.7. The molecular weight excluding hydrogens is 296 g/mol. The van der Waals surface area contributed by atoms with Gasteiger partial charge in [0.2, 0.25) is 4.77 Å². The maximum atomic E-state index is 5.51. The van der Waals surface area contributed by atoms with Crippen LogP contribution >= 0.6 is 12.2 Å². The molecule has 124 valence electrons. The molecule has 0 bridgehead atoms. The van der Waals surface area contributed by atoms with Crippen LogP contribution < -0.4 is 5.84 Å². The Morgan fingerprint density at radius 2 is 1.82 bits per heavy atom. The van der Waals surface area contributed by atoms with E-state index in [-0.39, 0.29) is 5.54 Å². The Morgan fingerprint density at radius 1 is 1.27 bits per heavy atom. The maximum Gasteiger partial charge on any atom is 0.242 e. The average Bonchev–Trinajstić information content (AvgIpc) is 2.97. The van der Waals surface area contributed by atoms with E-state index in [2.05, 4.69) is 36.3 Å². The van der Waals surface area contributed by atoms with Crippen LogP contribution in [0.15, 0.2) is 30.3 Å². The van der Waals surface area contributed by atoms with Gasteiger partial charge < -0.3 is 0 Å². The van der Waals surface area contributed by atoms with Crippen LogP contribution in [0.2, 0.25) is 0 Å². The number of nitrogens with one attached hydrogen (secondary N) is 1. The fraction of sp³-hybridized carbons (Fsp3) is 0.533. The highest BCUT2D eigenvalue weighted by Gasteiger charge is 2.16. The molecule has 6 nitrogen and oxygen atoms in total. The summed E-state index contributed by atoms with van der Waals surface area (Å²) in [5.41, 5.74) is 1.09. The Labute approximate surface area is 138 Å². The minimum atomic E-state index is 0.153. The van der Waals surface area contributed by atoms with E-state index in [0.717, 1.165) is 12.1 Å². The first-order valence-electron chi connectivity index (χ1n) is 7.42. The fourth-order valence-corrected chi connectivity index (χ4v) is 1.38. The first-order valence-corrected chi connectivity index (χ1v) is 7.83. The van der Waals surface area contributed by atoms with Gasteiger partial charge in [-0.25, -0.2) is 9.69 Å². The van der Waals surface area contributed by atoms with Gasteiger partial charge in [-0.15, -0.1) is 0 Å². The Kier molecular flexibility index (Phi) is 9.48. The monoisotopic (exact) mass is 324 g/mol. The Morgan fingerprint density at radius 3 is 2.14 bits per heavy atom. The van der Waals surface area contributed by atoms with Gasteiger partial charge in [0.05, 0.1) is 5.69 Å². The largest absolute Gasteiger partial charge is 0.269 e. The van der Waals surface area contributed by atoms with Crippen LogP contribution in [0, 0.1) is 4.77 Å². The molecule has 0 unspecified atom stereocenters. The van der Waals surface area contributed by atoms with Gasteiger partial charge in [-0.05, 0) is 44.6 Å². The molecule has 1 aromatic carbocycles. The van der Waals surface area contributed by atoms with Gasteiger partial charge >= 0.3 is 0 Å². The van der Waals surface area contributed by atoms with Gasteiger partial charge in [0.1, 0.15) is 0 Å². The zero-order valence-corrected chi connectivity index (χ0v) is 15.2. The highest BCUT2D eigenvalue weighted by atomic mass is 32.1. The average molecular weight is 324 g/mol. The first kappa shape index (κ1) is 20.4. The number of hydrazine groups is 1. The summed E-state index contributed by atoms with van der Waals surface area (Å²) in [6.45, 7) is 10.4. The number of tetrazole rings is 1. The van der Waals surface area contributed by atoms with Crippen molar-refractivity contribution < 1.29 is 0 Å². The highest BCUT2D eigenvalue weighted by Crippen LogP contribution is 2.11. The van der Waals surface area contributed by atoms with Gasteiger partial charge in [-0.3, -0.25) is 5.84 Å². The summed E-state index contributed by atoms with van der Waals surface area (Å²) >= 11 is 4.93. The van der Waals surface area contributed by atoms with Crippen molar-refractivity contribution in [3.8, 4) is 5.69 Å². The predicted octanol–water partition coefficient (Wildman–Crippen LogP) is 3.33. The molecule has 3 N–H and O–H groups in total. The Bertz CT molecular complexity index is 559. The zero-order chi connectivity index (χ0) is 17.2. The number of nitrogens with zero attached hydrogens (tertiary/aromatic N) is 4. The van der Waals surface area contributed by atoms with E-state index in [0.29, 0.717) is 4.77 Å². The lowest BCUT2D eigenvalue weighted by Gasteiger charge is -2.30. The molecular formula is C15H28N6S. The number of hydrogen-bond donors (Lipinski definition) is 2. The summed E-state index contributed by atoms with van der Waals surface area (Å²) in [6, 6.07) is 9.65. The van der Waals surface area contributed by atoms with Gasteiger partial charge in [0.25, 0.3) is 0 Å². The van der Waals surface area contributed by atoms with Gasteiger partial charge in [0.15, 0.2) is 0 Å². The molecule has 0 saturated heterocycles. The fourth-order valence-electron chi connectivity index (χ4n) is 1.19. The molecule has 2 rings (SSSR count). The van der Waals surface area contributed by atoms with Crippen LogP contribution in [0.25, 0.3) is 5.69 Å². The van der Waals surface area contributed by atoms with Crippen LogP contribution in [0.3, 0.4) is 0 Å². The Hall–Kier alpha value is -1.57. The Balaban J connectivity index is 0.000000388. The molecule has 0 aliphatic heterocycles. The van der Waals surface area contributed by atoms with E-state index in [1.165, 1.54) is 0 Å². The first-order chi connectivity index (χ1) is 10.4. The van der Waals surface area contributed by atoms with E-state index < -0.39 is 0 Å². The van der Waals surface area contributed by atoms with Gasteiger partial charge in [-0.2, -0.15) is 5.21 Å². The number of nitrogens with two attached hydrogens (primary N) is 1. The second-order valence-electron chi connectivity index (χ2n) is 5.03. The summed E-state index contributed by atoms with van der Waals surface area (Å²) in [4.78, 5) is 0. The van der Waals surface area contributed by atoms with Crippen LogP contribution in [-0.2, 0) is 0 Å². The summed E-state index contributed by atoms with van der Waals surface area (Å²) in [6.07, 6.45) is 1.08. The molecule has 0 aliphatic carbocycles. The number of benzene rings is 1. The molecule has 0 amide bonds. The van der Waals surface area contributed by atoms with Crippen molar-refractivity contribution in [2.75, 3.05) is 7.05 Å². The van der Waals surface area contributed by atoms with Crippen molar-refractivity contribution in [1.29, 1.82) is 0 Å². The van der Waals surface area contributed by atoms with Crippen molar-refractivity contribution in [3.05, 3.63) is 35.1 Å². The number of aromatic amines is 1. The molecule has 0 atom stereocenters. The molecule has 7 heteroatoms. The van der Waals surface area contributed by atoms with Crippen LogP contribution in [-0.4, -0.2) is 37.8 Å². The van der Waals surface area contributed by atoms with Crippen LogP contribution in [0.5, 0.6) is 0 Å². The number of aromatic nitrogens is 4. The van der Waals surface area contributed by atoms with E-state index in [4.69, 9.17) is 18.1 Å². The van der Waals surface area contributed by atoms with Crippen molar-refractivity contribution in [2.24, 2.45) is 5.84 Å². The quantitative estimate of drug-likeness (QED) is 0.514. The molecule has 1 aromatic heterocycles. The maximum absolute atomic E-state index is 5.51. The molecule has 0 aliphatic rings. The number of para-hydroxylation sites is 1. The third kappa shape index (κ3) is 6.46. The van der Waals surface area contributed by atoms with Crippen molar-refractivity contribution in [3.63, 3.8) is 0 Å².